The Morgan fingerprint density at radius 1 is 1.11 bits per heavy atom. The maximum Gasteiger partial charge on any atom is 0.276 e. The summed E-state index contributed by atoms with van der Waals surface area (Å²) >= 11 is 3.48. The molecule has 1 amide bonds. The highest BCUT2D eigenvalue weighted by atomic mass is 79.9. The van der Waals surface area contributed by atoms with Crippen LogP contribution in [0.3, 0.4) is 0 Å². The van der Waals surface area contributed by atoms with Gasteiger partial charge in [0.1, 0.15) is 0 Å². The fourth-order valence-corrected chi connectivity index (χ4v) is 3.83. The van der Waals surface area contributed by atoms with Crippen LogP contribution < -0.4 is 0 Å². The Bertz CT molecular complexity index is 1020. The zero-order valence-corrected chi connectivity index (χ0v) is 17.9. The number of hydrogen-bond acceptors (Lipinski definition) is 5. The van der Waals surface area contributed by atoms with Gasteiger partial charge in [-0.3, -0.25) is 4.79 Å². The van der Waals surface area contributed by atoms with Gasteiger partial charge in [0.25, 0.3) is 5.91 Å². The molecule has 146 valence electrons. The van der Waals surface area contributed by atoms with Crippen molar-refractivity contribution >= 4 is 27.5 Å². The van der Waals surface area contributed by atoms with E-state index in [2.05, 4.69) is 45.0 Å². The van der Waals surface area contributed by atoms with Crippen molar-refractivity contribution in [2.75, 3.05) is 33.2 Å². The van der Waals surface area contributed by atoms with Crippen LogP contribution in [-0.4, -0.2) is 68.7 Å². The zero-order chi connectivity index (χ0) is 19.8. The molecular weight excluding hydrogens is 420 g/mol. The molecule has 0 saturated carbocycles. The summed E-state index contributed by atoms with van der Waals surface area (Å²) in [5, 5.41) is 13.5. The van der Waals surface area contributed by atoms with Crippen molar-refractivity contribution < 1.29 is 4.79 Å². The topological polar surface area (TPSA) is 66.6 Å². The number of fused-ring (bicyclic) bond motifs is 1. The van der Waals surface area contributed by atoms with Crippen molar-refractivity contribution in [3.05, 3.63) is 45.8 Å². The Kier molecular flexibility index (Phi) is 5.16. The second-order valence-corrected chi connectivity index (χ2v) is 8.06. The summed E-state index contributed by atoms with van der Waals surface area (Å²) in [6.45, 7) is 7.12. The van der Waals surface area contributed by atoms with Gasteiger partial charge in [0.05, 0.1) is 17.0 Å². The van der Waals surface area contributed by atoms with Crippen molar-refractivity contribution in [2.24, 2.45) is 0 Å². The van der Waals surface area contributed by atoms with Gasteiger partial charge in [-0.2, -0.15) is 5.10 Å². The number of piperazine rings is 1. The van der Waals surface area contributed by atoms with Crippen LogP contribution in [0, 0.1) is 6.92 Å². The number of aromatic nitrogens is 4. The maximum absolute atomic E-state index is 13.0. The smallest absolute Gasteiger partial charge is 0.276 e. The van der Waals surface area contributed by atoms with Crippen molar-refractivity contribution in [2.45, 2.75) is 20.3 Å². The van der Waals surface area contributed by atoms with Crippen LogP contribution >= 0.6 is 15.9 Å². The molecule has 0 spiro atoms. The van der Waals surface area contributed by atoms with Crippen molar-refractivity contribution in [3.63, 3.8) is 0 Å². The first-order valence-electron chi connectivity index (χ1n) is 9.48. The lowest BCUT2D eigenvalue weighted by molar-refractivity contribution is 0.0655. The SMILES string of the molecule is CCc1nn2c(C)c(C(=O)N3CCN(C)CC3)nnc2c1-c1ccc(Br)cc1. The molecule has 1 aliphatic rings. The van der Waals surface area contributed by atoms with E-state index in [0.29, 0.717) is 24.4 Å². The standard InChI is InChI=1S/C20H23BrN6O/c1-4-16-17(14-5-7-15(21)8-6-14)19-23-22-18(13(2)27(19)24-16)20(28)26-11-9-25(3)10-12-26/h5-8H,4,9-12H2,1-3H3. The third-order valence-electron chi connectivity index (χ3n) is 5.30. The normalized spacial score (nSPS) is 15.4. The molecule has 0 aliphatic carbocycles. The van der Waals surface area contributed by atoms with E-state index in [1.807, 2.05) is 36.1 Å². The lowest BCUT2D eigenvalue weighted by atomic mass is 10.0. The molecule has 1 aromatic carbocycles. The van der Waals surface area contributed by atoms with Gasteiger partial charge in [0, 0.05) is 30.7 Å². The van der Waals surface area contributed by atoms with Crippen LogP contribution in [0.15, 0.2) is 28.7 Å². The molecule has 4 rings (SSSR count). The average Bonchev–Trinajstić information content (AvgIpc) is 3.08. The van der Waals surface area contributed by atoms with E-state index in [4.69, 9.17) is 5.10 Å². The highest BCUT2D eigenvalue weighted by molar-refractivity contribution is 9.10. The van der Waals surface area contributed by atoms with Crippen molar-refractivity contribution in [1.29, 1.82) is 0 Å². The summed E-state index contributed by atoms with van der Waals surface area (Å²) in [6.07, 6.45) is 0.774. The molecule has 0 unspecified atom stereocenters. The summed E-state index contributed by atoms with van der Waals surface area (Å²) < 4.78 is 2.79. The summed E-state index contributed by atoms with van der Waals surface area (Å²) in [4.78, 5) is 17.1. The third kappa shape index (κ3) is 3.31. The number of rotatable bonds is 3. The minimum atomic E-state index is -0.0706. The molecule has 1 saturated heterocycles. The van der Waals surface area contributed by atoms with Crippen molar-refractivity contribution in [1.82, 2.24) is 29.6 Å². The molecule has 0 radical (unpaired) electrons. The first kappa shape index (κ1) is 19.0. The lowest BCUT2D eigenvalue weighted by Crippen LogP contribution is -2.47. The van der Waals surface area contributed by atoms with Gasteiger partial charge in [-0.15, -0.1) is 10.2 Å². The van der Waals surface area contributed by atoms with Gasteiger partial charge in [-0.1, -0.05) is 35.0 Å². The molecule has 3 aromatic rings. The number of halogens is 1. The number of aryl methyl sites for hydroxylation is 2. The zero-order valence-electron chi connectivity index (χ0n) is 16.3. The van der Waals surface area contributed by atoms with Crippen LogP contribution in [0.2, 0.25) is 0 Å². The molecule has 1 fully saturated rings. The van der Waals surface area contributed by atoms with Gasteiger partial charge in [0.15, 0.2) is 11.3 Å². The van der Waals surface area contributed by atoms with E-state index in [1.165, 1.54) is 0 Å². The third-order valence-corrected chi connectivity index (χ3v) is 5.83. The monoisotopic (exact) mass is 442 g/mol. The van der Waals surface area contributed by atoms with E-state index in [-0.39, 0.29) is 5.91 Å². The average molecular weight is 443 g/mol. The van der Waals surface area contributed by atoms with Gasteiger partial charge in [-0.05, 0) is 38.1 Å². The molecule has 8 heteroatoms. The quantitative estimate of drug-likeness (QED) is 0.623. The molecule has 0 bridgehead atoms. The first-order chi connectivity index (χ1) is 13.5. The number of nitrogens with zero attached hydrogens (tertiary/aromatic N) is 6. The Morgan fingerprint density at radius 3 is 2.43 bits per heavy atom. The maximum atomic E-state index is 13.0. The Hall–Kier alpha value is -2.32. The van der Waals surface area contributed by atoms with E-state index < -0.39 is 0 Å². The molecule has 0 N–H and O–H groups in total. The highest BCUT2D eigenvalue weighted by Gasteiger charge is 2.26. The van der Waals surface area contributed by atoms with Gasteiger partial charge in [0.2, 0.25) is 0 Å². The summed E-state index contributed by atoms with van der Waals surface area (Å²) in [5.74, 6) is -0.0706. The molecule has 7 nitrogen and oxygen atoms in total. The Labute approximate surface area is 172 Å². The summed E-state index contributed by atoms with van der Waals surface area (Å²) in [6, 6.07) is 8.09. The second-order valence-electron chi connectivity index (χ2n) is 7.15. The second kappa shape index (κ2) is 7.60. The minimum absolute atomic E-state index is 0.0706. The van der Waals surface area contributed by atoms with Gasteiger partial charge < -0.3 is 9.80 Å². The number of amides is 1. The summed E-state index contributed by atoms with van der Waals surface area (Å²) in [5.41, 5.74) is 4.76. The predicted octanol–water partition coefficient (Wildman–Crippen LogP) is 2.81. The Morgan fingerprint density at radius 2 is 1.79 bits per heavy atom. The van der Waals surface area contributed by atoms with E-state index >= 15 is 0 Å². The number of hydrogen-bond donors (Lipinski definition) is 0. The Balaban J connectivity index is 1.78. The molecular formula is C20H23BrN6O. The van der Waals surface area contributed by atoms with Crippen LogP contribution in [0.4, 0.5) is 0 Å². The molecule has 3 heterocycles. The van der Waals surface area contributed by atoms with E-state index in [1.54, 1.807) is 4.52 Å². The largest absolute Gasteiger partial charge is 0.335 e. The van der Waals surface area contributed by atoms with Crippen LogP contribution in [0.5, 0.6) is 0 Å². The summed E-state index contributed by atoms with van der Waals surface area (Å²) in [7, 11) is 2.07. The number of carbonyl (C=O) groups is 1. The van der Waals surface area contributed by atoms with Crippen LogP contribution in [-0.2, 0) is 6.42 Å². The predicted molar refractivity (Wildman–Crippen MR) is 111 cm³/mol. The fourth-order valence-electron chi connectivity index (χ4n) is 3.57. The van der Waals surface area contributed by atoms with E-state index in [0.717, 1.165) is 46.5 Å². The van der Waals surface area contributed by atoms with Gasteiger partial charge in [-0.25, -0.2) is 4.52 Å². The number of likely N-dealkylation sites (N-methyl/N-ethyl adjacent to an activating group) is 1. The molecule has 0 atom stereocenters. The van der Waals surface area contributed by atoms with Crippen molar-refractivity contribution in [3.8, 4) is 11.1 Å². The molecule has 1 aliphatic heterocycles. The van der Waals surface area contributed by atoms with Crippen LogP contribution in [0.1, 0.15) is 28.8 Å². The molecule has 28 heavy (non-hydrogen) atoms. The highest BCUT2D eigenvalue weighted by Crippen LogP contribution is 2.29. The first-order valence-corrected chi connectivity index (χ1v) is 10.3. The minimum Gasteiger partial charge on any atom is -0.335 e. The van der Waals surface area contributed by atoms with Crippen LogP contribution in [0.25, 0.3) is 16.8 Å². The van der Waals surface area contributed by atoms with E-state index in [9.17, 15) is 4.79 Å². The fraction of sp³-hybridized carbons (Fsp3) is 0.400. The number of benzene rings is 1. The number of carbonyl (C=O) groups excluding carboxylic acids is 1. The van der Waals surface area contributed by atoms with Gasteiger partial charge >= 0.3 is 0 Å². The lowest BCUT2D eigenvalue weighted by Gasteiger charge is -2.32. The molecule has 2 aromatic heterocycles.